The SMILES string of the molecule is CCCCn1nccc1NC(=O)NC(C)c1ccccn1. The fourth-order valence-electron chi connectivity index (χ4n) is 1.98. The summed E-state index contributed by atoms with van der Waals surface area (Å²) in [4.78, 5) is 16.3. The van der Waals surface area contributed by atoms with Gasteiger partial charge in [0, 0.05) is 18.8 Å². The van der Waals surface area contributed by atoms with E-state index in [-0.39, 0.29) is 12.1 Å². The molecule has 6 nitrogen and oxygen atoms in total. The van der Waals surface area contributed by atoms with Crippen molar-refractivity contribution in [3.05, 3.63) is 42.4 Å². The molecule has 0 spiro atoms. The summed E-state index contributed by atoms with van der Waals surface area (Å²) in [5.74, 6) is 0.703. The molecule has 21 heavy (non-hydrogen) atoms. The summed E-state index contributed by atoms with van der Waals surface area (Å²) in [5, 5.41) is 9.89. The first-order chi connectivity index (χ1) is 10.2. The van der Waals surface area contributed by atoms with Crippen LogP contribution in [-0.2, 0) is 6.54 Å². The second kappa shape index (κ2) is 7.42. The van der Waals surface area contributed by atoms with Gasteiger partial charge in [-0.2, -0.15) is 5.10 Å². The quantitative estimate of drug-likeness (QED) is 0.858. The van der Waals surface area contributed by atoms with Gasteiger partial charge < -0.3 is 5.32 Å². The van der Waals surface area contributed by atoms with E-state index in [9.17, 15) is 4.79 Å². The van der Waals surface area contributed by atoms with Crippen molar-refractivity contribution in [3.63, 3.8) is 0 Å². The van der Waals surface area contributed by atoms with Crippen LogP contribution in [0.2, 0.25) is 0 Å². The van der Waals surface area contributed by atoms with Gasteiger partial charge >= 0.3 is 6.03 Å². The van der Waals surface area contributed by atoms with Crippen LogP contribution in [0, 0.1) is 0 Å². The van der Waals surface area contributed by atoms with Crippen molar-refractivity contribution in [1.29, 1.82) is 0 Å². The van der Waals surface area contributed by atoms with Crippen molar-refractivity contribution in [3.8, 4) is 0 Å². The molecule has 2 rings (SSSR count). The zero-order chi connectivity index (χ0) is 15.1. The van der Waals surface area contributed by atoms with Crippen LogP contribution in [0.1, 0.15) is 38.4 Å². The largest absolute Gasteiger partial charge is 0.330 e. The van der Waals surface area contributed by atoms with Gasteiger partial charge in [-0.15, -0.1) is 0 Å². The van der Waals surface area contributed by atoms with Gasteiger partial charge in [0.25, 0.3) is 0 Å². The highest BCUT2D eigenvalue weighted by atomic mass is 16.2. The lowest BCUT2D eigenvalue weighted by Gasteiger charge is -2.14. The third kappa shape index (κ3) is 4.30. The lowest BCUT2D eigenvalue weighted by atomic mass is 10.2. The van der Waals surface area contributed by atoms with Crippen LogP contribution in [0.5, 0.6) is 0 Å². The first-order valence-electron chi connectivity index (χ1n) is 7.21. The van der Waals surface area contributed by atoms with E-state index in [0.717, 1.165) is 25.1 Å². The normalized spacial score (nSPS) is 11.9. The Labute approximate surface area is 124 Å². The van der Waals surface area contributed by atoms with Gasteiger partial charge in [0.05, 0.1) is 17.9 Å². The number of amides is 2. The summed E-state index contributed by atoms with van der Waals surface area (Å²) < 4.78 is 1.80. The second-order valence-corrected chi connectivity index (χ2v) is 4.87. The van der Waals surface area contributed by atoms with Crippen LogP contribution in [0.4, 0.5) is 10.6 Å². The topological polar surface area (TPSA) is 71.8 Å². The lowest BCUT2D eigenvalue weighted by molar-refractivity contribution is 0.249. The highest BCUT2D eigenvalue weighted by Crippen LogP contribution is 2.10. The Bertz CT molecular complexity index is 566. The molecule has 2 aromatic heterocycles. The molecule has 2 heterocycles. The van der Waals surface area contributed by atoms with Gasteiger partial charge in [-0.3, -0.25) is 10.3 Å². The molecule has 0 saturated heterocycles. The maximum atomic E-state index is 12.0. The lowest BCUT2D eigenvalue weighted by Crippen LogP contribution is -2.32. The molecule has 0 fully saturated rings. The fourth-order valence-corrected chi connectivity index (χ4v) is 1.98. The number of hydrogen-bond donors (Lipinski definition) is 2. The van der Waals surface area contributed by atoms with Crippen LogP contribution in [0.25, 0.3) is 0 Å². The number of hydrogen-bond acceptors (Lipinski definition) is 3. The third-order valence-electron chi connectivity index (χ3n) is 3.16. The van der Waals surface area contributed by atoms with Gasteiger partial charge in [0.15, 0.2) is 0 Å². The number of carbonyl (C=O) groups excluding carboxylic acids is 1. The van der Waals surface area contributed by atoms with E-state index in [1.165, 1.54) is 0 Å². The highest BCUT2D eigenvalue weighted by Gasteiger charge is 2.12. The highest BCUT2D eigenvalue weighted by molar-refractivity contribution is 5.88. The molecule has 0 bridgehead atoms. The molecule has 2 N–H and O–H groups in total. The van der Waals surface area contributed by atoms with Crippen molar-refractivity contribution < 1.29 is 4.79 Å². The van der Waals surface area contributed by atoms with E-state index in [2.05, 4.69) is 27.6 Å². The van der Waals surface area contributed by atoms with Gasteiger partial charge in [-0.05, 0) is 25.5 Å². The number of aromatic nitrogens is 3. The molecule has 2 aromatic rings. The number of rotatable bonds is 6. The summed E-state index contributed by atoms with van der Waals surface area (Å²) in [6.45, 7) is 4.82. The molecule has 0 aliphatic rings. The average molecular weight is 287 g/mol. The Hall–Kier alpha value is -2.37. The molecule has 1 atom stereocenters. The molecule has 0 radical (unpaired) electrons. The predicted octanol–water partition coefficient (Wildman–Crippen LogP) is 2.96. The van der Waals surface area contributed by atoms with Crippen molar-refractivity contribution >= 4 is 11.8 Å². The van der Waals surface area contributed by atoms with Gasteiger partial charge in [0.1, 0.15) is 5.82 Å². The summed E-state index contributed by atoms with van der Waals surface area (Å²) in [6, 6.07) is 7.02. The Balaban J connectivity index is 1.91. The zero-order valence-corrected chi connectivity index (χ0v) is 12.4. The summed E-state index contributed by atoms with van der Waals surface area (Å²) >= 11 is 0. The molecule has 112 valence electrons. The first-order valence-corrected chi connectivity index (χ1v) is 7.21. The third-order valence-corrected chi connectivity index (χ3v) is 3.16. The van der Waals surface area contributed by atoms with Crippen LogP contribution >= 0.6 is 0 Å². The zero-order valence-electron chi connectivity index (χ0n) is 12.4. The number of anilines is 1. The molecule has 0 aliphatic heterocycles. The van der Waals surface area contributed by atoms with Crippen LogP contribution in [0.3, 0.4) is 0 Å². The van der Waals surface area contributed by atoms with Crippen molar-refractivity contribution in [2.24, 2.45) is 0 Å². The minimum Gasteiger partial charge on any atom is -0.330 e. The molecule has 1 unspecified atom stereocenters. The van der Waals surface area contributed by atoms with E-state index in [1.807, 2.05) is 25.1 Å². The molecule has 2 amide bonds. The molecule has 0 aliphatic carbocycles. The smallest absolute Gasteiger partial charge is 0.320 e. The molecule has 0 aromatic carbocycles. The Kier molecular flexibility index (Phi) is 5.31. The van der Waals surface area contributed by atoms with Gasteiger partial charge in [-0.25, -0.2) is 9.48 Å². The predicted molar refractivity (Wildman–Crippen MR) is 81.9 cm³/mol. The molecule has 6 heteroatoms. The number of urea groups is 1. The number of nitrogens with one attached hydrogen (secondary N) is 2. The second-order valence-electron chi connectivity index (χ2n) is 4.87. The molecular formula is C15H21N5O. The van der Waals surface area contributed by atoms with Crippen LogP contribution in [0.15, 0.2) is 36.7 Å². The Morgan fingerprint density at radius 2 is 2.19 bits per heavy atom. The van der Waals surface area contributed by atoms with Crippen molar-refractivity contribution in [2.45, 2.75) is 39.3 Å². The molecule has 0 saturated carbocycles. The van der Waals surface area contributed by atoms with E-state index in [0.29, 0.717) is 5.82 Å². The monoisotopic (exact) mass is 287 g/mol. The fraction of sp³-hybridized carbons (Fsp3) is 0.400. The summed E-state index contributed by atoms with van der Waals surface area (Å²) in [6.07, 6.45) is 5.52. The standard InChI is InChI=1S/C15H21N5O/c1-3-4-11-20-14(8-10-17-20)19-15(21)18-12(2)13-7-5-6-9-16-13/h5-10,12H,3-4,11H2,1-2H3,(H2,18,19,21). The Morgan fingerprint density at radius 1 is 1.33 bits per heavy atom. The van der Waals surface area contributed by atoms with E-state index < -0.39 is 0 Å². The number of pyridine rings is 1. The number of carbonyl (C=O) groups is 1. The maximum Gasteiger partial charge on any atom is 0.320 e. The Morgan fingerprint density at radius 3 is 2.90 bits per heavy atom. The van der Waals surface area contributed by atoms with Crippen LogP contribution < -0.4 is 10.6 Å². The average Bonchev–Trinajstić information content (AvgIpc) is 2.93. The van der Waals surface area contributed by atoms with E-state index in [1.54, 1.807) is 23.1 Å². The number of aryl methyl sites for hydroxylation is 1. The van der Waals surface area contributed by atoms with Crippen molar-refractivity contribution in [1.82, 2.24) is 20.1 Å². The van der Waals surface area contributed by atoms with Crippen molar-refractivity contribution in [2.75, 3.05) is 5.32 Å². The van der Waals surface area contributed by atoms with E-state index >= 15 is 0 Å². The van der Waals surface area contributed by atoms with Gasteiger partial charge in [-0.1, -0.05) is 19.4 Å². The van der Waals surface area contributed by atoms with Gasteiger partial charge in [0.2, 0.25) is 0 Å². The minimum absolute atomic E-state index is 0.154. The summed E-state index contributed by atoms with van der Waals surface area (Å²) in [7, 11) is 0. The first kappa shape index (κ1) is 15.0. The summed E-state index contributed by atoms with van der Waals surface area (Å²) in [5.41, 5.74) is 0.826. The minimum atomic E-state index is -0.258. The maximum absolute atomic E-state index is 12.0. The van der Waals surface area contributed by atoms with Crippen LogP contribution in [-0.4, -0.2) is 20.8 Å². The number of nitrogens with zero attached hydrogens (tertiary/aromatic N) is 3. The number of unbranched alkanes of at least 4 members (excludes halogenated alkanes) is 1. The van der Waals surface area contributed by atoms with E-state index in [4.69, 9.17) is 0 Å². The molecular weight excluding hydrogens is 266 g/mol.